The molecule has 0 bridgehead atoms. The zero-order valence-corrected chi connectivity index (χ0v) is 23.7. The number of allylic oxidation sites excluding steroid dienone is 1. The van der Waals surface area contributed by atoms with Gasteiger partial charge >= 0.3 is 11.9 Å². The summed E-state index contributed by atoms with van der Waals surface area (Å²) in [5.74, 6) is -0.465. The Morgan fingerprint density at radius 2 is 1.90 bits per heavy atom. The zero-order chi connectivity index (χ0) is 28.8. The monoisotopic (exact) mass is 550 g/mol. The van der Waals surface area contributed by atoms with Crippen LogP contribution in [0.5, 0.6) is 23.0 Å². The van der Waals surface area contributed by atoms with E-state index in [0.717, 1.165) is 0 Å². The topological polar surface area (TPSA) is 108 Å². The number of fused-ring (bicyclic) bond motifs is 2. The van der Waals surface area contributed by atoms with Gasteiger partial charge in [0.15, 0.2) is 11.5 Å². The number of cyclic esters (lactones) is 1. The third-order valence-electron chi connectivity index (χ3n) is 7.14. The summed E-state index contributed by atoms with van der Waals surface area (Å²) in [7, 11) is 1.55. The molecule has 2 unspecified atom stereocenters. The number of carbonyl (C=O) groups excluding carboxylic acids is 3. The molecule has 0 spiro atoms. The van der Waals surface area contributed by atoms with Crippen molar-refractivity contribution in [1.82, 2.24) is 0 Å². The summed E-state index contributed by atoms with van der Waals surface area (Å²) in [5.41, 5.74) is 1.37. The van der Waals surface area contributed by atoms with Crippen LogP contribution in [0, 0.1) is 5.92 Å². The van der Waals surface area contributed by atoms with E-state index in [9.17, 15) is 19.5 Å². The average Bonchev–Trinajstić information content (AvgIpc) is 2.90. The smallest absolute Gasteiger partial charge is 0.342 e. The molecule has 0 amide bonds. The van der Waals surface area contributed by atoms with Gasteiger partial charge in [0.05, 0.1) is 26.2 Å². The number of phenolic OH excluding ortho intramolecular Hbond substituents is 1. The van der Waals surface area contributed by atoms with Crippen molar-refractivity contribution < 1.29 is 38.4 Å². The maximum absolute atomic E-state index is 13.5. The Kier molecular flexibility index (Phi) is 9.50. The summed E-state index contributed by atoms with van der Waals surface area (Å²) in [5, 5.41) is 11.7. The van der Waals surface area contributed by atoms with Gasteiger partial charge < -0.3 is 24.1 Å². The molecular formula is C32H38O8. The Bertz CT molecular complexity index is 1290. The lowest BCUT2D eigenvalue weighted by atomic mass is 9.83. The third kappa shape index (κ3) is 6.66. The minimum Gasteiger partial charge on any atom is -0.507 e. The van der Waals surface area contributed by atoms with Gasteiger partial charge in [0.1, 0.15) is 22.8 Å². The lowest BCUT2D eigenvalue weighted by Crippen LogP contribution is -2.24. The highest BCUT2D eigenvalue weighted by Crippen LogP contribution is 2.50. The molecule has 1 N–H and O–H groups in total. The number of carbonyl (C=O) groups is 3. The molecule has 40 heavy (non-hydrogen) atoms. The molecule has 4 rings (SSSR count). The SMILES string of the molecule is COc1cccc(C2CC(=O)Oc3cc4c(c(O)c32)C(=O)OC(C)CCCC(=O)CCCC=C4)c1OCC(C)C. The van der Waals surface area contributed by atoms with Gasteiger partial charge in [0.2, 0.25) is 0 Å². The van der Waals surface area contributed by atoms with Crippen molar-refractivity contribution in [3.05, 3.63) is 52.6 Å². The molecule has 0 saturated heterocycles. The van der Waals surface area contributed by atoms with E-state index in [1.165, 1.54) is 0 Å². The molecule has 0 aliphatic carbocycles. The maximum Gasteiger partial charge on any atom is 0.342 e. The van der Waals surface area contributed by atoms with Crippen molar-refractivity contribution in [2.45, 2.75) is 77.7 Å². The molecule has 2 heterocycles. The van der Waals surface area contributed by atoms with Gasteiger partial charge in [-0.25, -0.2) is 4.79 Å². The summed E-state index contributed by atoms with van der Waals surface area (Å²) in [6, 6.07) is 7.01. The maximum atomic E-state index is 13.5. The van der Waals surface area contributed by atoms with Crippen molar-refractivity contribution >= 4 is 23.8 Å². The number of ether oxygens (including phenoxy) is 4. The number of benzene rings is 2. The van der Waals surface area contributed by atoms with Crippen LogP contribution >= 0.6 is 0 Å². The molecule has 2 aliphatic heterocycles. The Hall–Kier alpha value is -3.81. The second kappa shape index (κ2) is 13.0. The molecule has 0 fully saturated rings. The summed E-state index contributed by atoms with van der Waals surface area (Å²) in [4.78, 5) is 38.4. The first kappa shape index (κ1) is 29.2. The second-order valence-corrected chi connectivity index (χ2v) is 10.9. The van der Waals surface area contributed by atoms with Gasteiger partial charge in [-0.05, 0) is 56.2 Å². The molecule has 2 aromatic carbocycles. The largest absolute Gasteiger partial charge is 0.507 e. The van der Waals surface area contributed by atoms with Crippen LogP contribution in [0.25, 0.3) is 6.08 Å². The molecule has 0 radical (unpaired) electrons. The number of hydrogen-bond acceptors (Lipinski definition) is 8. The molecule has 2 aromatic rings. The van der Waals surface area contributed by atoms with Crippen LogP contribution in [0.4, 0.5) is 0 Å². The summed E-state index contributed by atoms with van der Waals surface area (Å²) >= 11 is 0. The van der Waals surface area contributed by atoms with Gasteiger partial charge in [-0.2, -0.15) is 0 Å². The average molecular weight is 551 g/mol. The number of para-hydroxylation sites is 1. The highest BCUT2D eigenvalue weighted by molar-refractivity contribution is 5.98. The highest BCUT2D eigenvalue weighted by atomic mass is 16.5. The summed E-state index contributed by atoms with van der Waals surface area (Å²) in [6.45, 7) is 6.26. The second-order valence-electron chi connectivity index (χ2n) is 10.9. The standard InChI is InChI=1S/C32H38O8/c1-19(2)18-38-31-23(14-9-15-25(31)37-4)24-17-27(34)40-26-16-21-11-6-5-7-12-22(33)13-8-10-20(3)39-32(36)28(21)30(35)29(24)26/h6,9,11,14-16,19-20,24,35H,5,7-8,10,12-13,17-18H2,1-4H3. The first-order valence-corrected chi connectivity index (χ1v) is 14.0. The van der Waals surface area contributed by atoms with E-state index < -0.39 is 24.0 Å². The molecule has 8 heteroatoms. The Morgan fingerprint density at radius 3 is 2.65 bits per heavy atom. The van der Waals surface area contributed by atoms with Crippen molar-refractivity contribution in [2.24, 2.45) is 5.92 Å². The minimum atomic E-state index is -0.673. The minimum absolute atomic E-state index is 0.0190. The first-order chi connectivity index (χ1) is 19.2. The fraction of sp³-hybridized carbons (Fsp3) is 0.469. The van der Waals surface area contributed by atoms with Crippen LogP contribution in [0.3, 0.4) is 0 Å². The predicted molar refractivity (Wildman–Crippen MR) is 150 cm³/mol. The van der Waals surface area contributed by atoms with E-state index in [-0.39, 0.29) is 35.2 Å². The number of phenols is 1. The number of esters is 2. The van der Waals surface area contributed by atoms with Crippen molar-refractivity contribution in [3.8, 4) is 23.0 Å². The van der Waals surface area contributed by atoms with Crippen molar-refractivity contribution in [1.29, 1.82) is 0 Å². The number of methoxy groups -OCH3 is 1. The zero-order valence-electron chi connectivity index (χ0n) is 23.7. The quantitative estimate of drug-likeness (QED) is 0.339. The molecule has 8 nitrogen and oxygen atoms in total. The fourth-order valence-corrected chi connectivity index (χ4v) is 5.16. The predicted octanol–water partition coefficient (Wildman–Crippen LogP) is 6.36. The van der Waals surface area contributed by atoms with Gasteiger partial charge in [-0.15, -0.1) is 0 Å². The number of rotatable bonds is 5. The Labute approximate surface area is 235 Å². The van der Waals surface area contributed by atoms with E-state index in [2.05, 4.69) is 0 Å². The molecule has 0 aromatic heterocycles. The molecule has 0 saturated carbocycles. The van der Waals surface area contributed by atoms with E-state index in [1.54, 1.807) is 38.3 Å². The van der Waals surface area contributed by atoms with E-state index in [4.69, 9.17) is 18.9 Å². The Balaban J connectivity index is 1.85. The number of ketones is 1. The molecule has 214 valence electrons. The van der Waals surface area contributed by atoms with Crippen LogP contribution in [-0.2, 0) is 14.3 Å². The highest BCUT2D eigenvalue weighted by Gasteiger charge is 2.37. The normalized spacial score (nSPS) is 20.2. The van der Waals surface area contributed by atoms with Gasteiger partial charge in [-0.1, -0.05) is 38.1 Å². The molecule has 2 aliphatic rings. The lowest BCUT2D eigenvalue weighted by Gasteiger charge is -2.29. The van der Waals surface area contributed by atoms with Crippen LogP contribution in [0.2, 0.25) is 0 Å². The van der Waals surface area contributed by atoms with Crippen molar-refractivity contribution in [3.63, 3.8) is 0 Å². The Morgan fingerprint density at radius 1 is 1.12 bits per heavy atom. The first-order valence-electron chi connectivity index (χ1n) is 14.0. The van der Waals surface area contributed by atoms with Gasteiger partial charge in [-0.3, -0.25) is 9.59 Å². The van der Waals surface area contributed by atoms with Crippen molar-refractivity contribution in [2.75, 3.05) is 13.7 Å². The van der Waals surface area contributed by atoms with E-state index in [1.807, 2.05) is 26.0 Å². The number of aromatic hydroxyl groups is 1. The number of Topliss-reactive ketones (excluding diaryl/α,β-unsaturated/α-hetero) is 1. The molecule has 2 atom stereocenters. The molecular weight excluding hydrogens is 512 g/mol. The third-order valence-corrected chi connectivity index (χ3v) is 7.14. The van der Waals surface area contributed by atoms with E-state index in [0.29, 0.717) is 73.3 Å². The van der Waals surface area contributed by atoms with Crippen LogP contribution in [0.15, 0.2) is 30.3 Å². The van der Waals surface area contributed by atoms with Crippen LogP contribution in [0.1, 0.15) is 98.7 Å². The van der Waals surface area contributed by atoms with Crippen LogP contribution in [-0.4, -0.2) is 42.6 Å². The van der Waals surface area contributed by atoms with Gasteiger partial charge in [0.25, 0.3) is 0 Å². The number of hydrogen-bond donors (Lipinski definition) is 1. The summed E-state index contributed by atoms with van der Waals surface area (Å²) < 4.78 is 23.0. The fourth-order valence-electron chi connectivity index (χ4n) is 5.16. The summed E-state index contributed by atoms with van der Waals surface area (Å²) in [6.07, 6.45) is 6.47. The van der Waals surface area contributed by atoms with E-state index >= 15 is 0 Å². The lowest BCUT2D eigenvalue weighted by molar-refractivity contribution is -0.135. The van der Waals surface area contributed by atoms with Crippen LogP contribution < -0.4 is 14.2 Å². The van der Waals surface area contributed by atoms with Gasteiger partial charge in [0, 0.05) is 29.9 Å².